The molecule has 0 N–H and O–H groups in total. The van der Waals surface area contributed by atoms with Crippen molar-refractivity contribution in [1.29, 1.82) is 0 Å². The minimum Gasteiger partial charge on any atom is -0.241 e. The molecule has 130 valence electrons. The summed E-state index contributed by atoms with van der Waals surface area (Å²) in [5, 5.41) is 3.36. The molecule has 0 aliphatic rings. The van der Waals surface area contributed by atoms with Crippen molar-refractivity contribution in [3.05, 3.63) is 64.0 Å². The van der Waals surface area contributed by atoms with E-state index in [-0.39, 0.29) is 0 Å². The van der Waals surface area contributed by atoms with E-state index < -0.39 is 0 Å². The smallest absolute Gasteiger partial charge is 0.131 e. The molecule has 0 saturated carbocycles. The first-order valence-electron chi connectivity index (χ1n) is 8.88. The van der Waals surface area contributed by atoms with Crippen LogP contribution in [0.4, 0.5) is 0 Å². The Morgan fingerprint density at radius 2 is 1.76 bits per heavy atom. The first kappa shape index (κ1) is 17.7. The molecule has 0 fully saturated rings. The number of rotatable bonds is 6. The number of aromatic nitrogens is 3. The Hall–Kier alpha value is -2.07. The SMILES string of the molecule is Cc1cc(CCC(C)c2nc(-c3ccccc3)cs2)nc(C(C)C)n1. The Labute approximate surface area is 154 Å². The van der Waals surface area contributed by atoms with Crippen LogP contribution in [0.5, 0.6) is 0 Å². The van der Waals surface area contributed by atoms with Crippen LogP contribution in [0.3, 0.4) is 0 Å². The maximum atomic E-state index is 4.84. The lowest BCUT2D eigenvalue weighted by Crippen LogP contribution is -2.05. The molecule has 0 radical (unpaired) electrons. The molecule has 25 heavy (non-hydrogen) atoms. The van der Waals surface area contributed by atoms with Crippen molar-refractivity contribution >= 4 is 11.3 Å². The van der Waals surface area contributed by atoms with Crippen molar-refractivity contribution in [2.75, 3.05) is 0 Å². The molecule has 1 unspecified atom stereocenters. The topological polar surface area (TPSA) is 38.7 Å². The second kappa shape index (κ2) is 7.87. The molecule has 1 aromatic carbocycles. The Kier molecular flexibility index (Phi) is 5.59. The van der Waals surface area contributed by atoms with E-state index in [0.717, 1.165) is 35.7 Å². The highest BCUT2D eigenvalue weighted by molar-refractivity contribution is 7.10. The lowest BCUT2D eigenvalue weighted by Gasteiger charge is -2.11. The van der Waals surface area contributed by atoms with Crippen molar-refractivity contribution in [1.82, 2.24) is 15.0 Å². The molecule has 0 bridgehead atoms. The molecule has 4 heteroatoms. The predicted molar refractivity (Wildman–Crippen MR) is 105 cm³/mol. The Morgan fingerprint density at radius 3 is 2.48 bits per heavy atom. The van der Waals surface area contributed by atoms with Crippen molar-refractivity contribution in [2.45, 2.75) is 52.4 Å². The molecule has 0 aliphatic heterocycles. The van der Waals surface area contributed by atoms with Crippen LogP contribution in [0.2, 0.25) is 0 Å². The van der Waals surface area contributed by atoms with E-state index >= 15 is 0 Å². The summed E-state index contributed by atoms with van der Waals surface area (Å²) in [4.78, 5) is 14.1. The number of hydrogen-bond acceptors (Lipinski definition) is 4. The summed E-state index contributed by atoms with van der Waals surface area (Å²) in [6, 6.07) is 12.5. The molecular weight excluding hydrogens is 326 g/mol. The minimum absolute atomic E-state index is 0.364. The summed E-state index contributed by atoms with van der Waals surface area (Å²) < 4.78 is 0. The predicted octanol–water partition coefficient (Wildman–Crippen LogP) is 5.77. The van der Waals surface area contributed by atoms with Crippen LogP contribution in [-0.2, 0) is 6.42 Å². The van der Waals surface area contributed by atoms with Crippen LogP contribution in [0.1, 0.15) is 61.2 Å². The third-order valence-corrected chi connectivity index (χ3v) is 5.36. The molecule has 3 aromatic rings. The van der Waals surface area contributed by atoms with Gasteiger partial charge in [-0.2, -0.15) is 0 Å². The summed E-state index contributed by atoms with van der Waals surface area (Å²) in [6.45, 7) is 8.59. The Balaban J connectivity index is 1.67. The first-order valence-corrected chi connectivity index (χ1v) is 9.76. The third kappa shape index (κ3) is 4.51. The molecule has 2 heterocycles. The zero-order valence-electron chi connectivity index (χ0n) is 15.4. The monoisotopic (exact) mass is 351 g/mol. The van der Waals surface area contributed by atoms with Crippen LogP contribution < -0.4 is 0 Å². The summed E-state index contributed by atoms with van der Waals surface area (Å²) in [6.07, 6.45) is 2.01. The third-order valence-electron chi connectivity index (χ3n) is 4.29. The number of nitrogens with zero attached hydrogens (tertiary/aromatic N) is 3. The van der Waals surface area contributed by atoms with Crippen LogP contribution >= 0.6 is 11.3 Å². The van der Waals surface area contributed by atoms with Gasteiger partial charge in [-0.1, -0.05) is 51.1 Å². The van der Waals surface area contributed by atoms with Gasteiger partial charge in [-0.25, -0.2) is 15.0 Å². The molecule has 0 amide bonds. The average molecular weight is 352 g/mol. The van der Waals surface area contributed by atoms with Crippen LogP contribution in [0.15, 0.2) is 41.8 Å². The van der Waals surface area contributed by atoms with E-state index in [2.05, 4.69) is 61.5 Å². The van der Waals surface area contributed by atoms with Crippen molar-refractivity contribution in [3.8, 4) is 11.3 Å². The Morgan fingerprint density at radius 1 is 1.00 bits per heavy atom. The van der Waals surface area contributed by atoms with Gasteiger partial charge in [0.1, 0.15) is 5.82 Å². The minimum atomic E-state index is 0.364. The molecule has 2 aromatic heterocycles. The van der Waals surface area contributed by atoms with Crippen LogP contribution in [0.25, 0.3) is 11.3 Å². The highest BCUT2D eigenvalue weighted by atomic mass is 32.1. The number of hydrogen-bond donors (Lipinski definition) is 0. The molecule has 0 spiro atoms. The fourth-order valence-electron chi connectivity index (χ4n) is 2.79. The molecule has 3 nitrogen and oxygen atoms in total. The van der Waals surface area contributed by atoms with Crippen LogP contribution in [-0.4, -0.2) is 15.0 Å². The molecule has 0 aliphatic carbocycles. The maximum absolute atomic E-state index is 4.84. The van der Waals surface area contributed by atoms with E-state index in [1.165, 1.54) is 10.6 Å². The summed E-state index contributed by atoms with van der Waals surface area (Å²) in [5.74, 6) is 1.74. The average Bonchev–Trinajstić information content (AvgIpc) is 3.10. The standard InChI is InChI=1S/C21H25N3S/c1-14(2)20-22-16(4)12-18(23-20)11-10-15(3)21-24-19(13-25-21)17-8-6-5-7-9-17/h5-9,12-15H,10-11H2,1-4H3. The van der Waals surface area contributed by atoms with Gasteiger partial charge >= 0.3 is 0 Å². The van der Waals surface area contributed by atoms with Crippen molar-refractivity contribution in [2.24, 2.45) is 0 Å². The van der Waals surface area contributed by atoms with Gasteiger partial charge in [0.25, 0.3) is 0 Å². The normalized spacial score (nSPS) is 12.5. The fraction of sp³-hybridized carbons (Fsp3) is 0.381. The van der Waals surface area contributed by atoms with Gasteiger partial charge in [0, 0.05) is 34.2 Å². The van der Waals surface area contributed by atoms with Gasteiger partial charge in [0.2, 0.25) is 0 Å². The molecule has 0 saturated heterocycles. The lowest BCUT2D eigenvalue weighted by atomic mass is 10.0. The molecule has 1 atom stereocenters. The van der Waals surface area contributed by atoms with Gasteiger partial charge in [-0.3, -0.25) is 0 Å². The maximum Gasteiger partial charge on any atom is 0.131 e. The van der Waals surface area contributed by atoms with Gasteiger partial charge < -0.3 is 0 Å². The highest BCUT2D eigenvalue weighted by Gasteiger charge is 2.13. The summed E-state index contributed by atoms with van der Waals surface area (Å²) in [7, 11) is 0. The second-order valence-electron chi connectivity index (χ2n) is 6.89. The van der Waals surface area contributed by atoms with E-state index in [4.69, 9.17) is 9.97 Å². The van der Waals surface area contributed by atoms with Gasteiger partial charge in [-0.15, -0.1) is 11.3 Å². The molecule has 3 rings (SSSR count). The fourth-order valence-corrected chi connectivity index (χ4v) is 3.71. The summed E-state index contributed by atoms with van der Waals surface area (Å²) in [5.41, 5.74) is 4.46. The van der Waals surface area contributed by atoms with Crippen molar-refractivity contribution < 1.29 is 0 Å². The molecular formula is C21H25N3S. The van der Waals surface area contributed by atoms with Crippen molar-refractivity contribution in [3.63, 3.8) is 0 Å². The highest BCUT2D eigenvalue weighted by Crippen LogP contribution is 2.28. The zero-order chi connectivity index (χ0) is 17.8. The van der Waals surface area contributed by atoms with E-state index in [1.807, 2.05) is 13.0 Å². The number of benzene rings is 1. The van der Waals surface area contributed by atoms with Gasteiger partial charge in [-0.05, 0) is 25.8 Å². The van der Waals surface area contributed by atoms with Gasteiger partial charge in [0.15, 0.2) is 0 Å². The Bertz CT molecular complexity index is 824. The summed E-state index contributed by atoms with van der Waals surface area (Å²) >= 11 is 1.75. The van der Waals surface area contributed by atoms with E-state index in [9.17, 15) is 0 Å². The largest absolute Gasteiger partial charge is 0.241 e. The van der Waals surface area contributed by atoms with E-state index in [0.29, 0.717) is 11.8 Å². The van der Waals surface area contributed by atoms with Gasteiger partial charge in [0.05, 0.1) is 10.7 Å². The quantitative estimate of drug-likeness (QED) is 0.566. The lowest BCUT2D eigenvalue weighted by molar-refractivity contribution is 0.655. The zero-order valence-corrected chi connectivity index (χ0v) is 16.2. The van der Waals surface area contributed by atoms with Crippen LogP contribution in [0, 0.1) is 6.92 Å². The van der Waals surface area contributed by atoms with E-state index in [1.54, 1.807) is 11.3 Å². The number of thiazole rings is 1. The second-order valence-corrected chi connectivity index (χ2v) is 7.78. The first-order chi connectivity index (χ1) is 12.0. The number of aryl methyl sites for hydroxylation is 2.